The molecule has 0 fully saturated rings. The second-order valence-corrected chi connectivity index (χ2v) is 6.30. The molecule has 23 heavy (non-hydrogen) atoms. The molecule has 0 saturated carbocycles. The van der Waals surface area contributed by atoms with E-state index in [0.717, 1.165) is 17.0 Å². The van der Waals surface area contributed by atoms with Gasteiger partial charge >= 0.3 is 0 Å². The zero-order valence-corrected chi connectivity index (χ0v) is 14.6. The van der Waals surface area contributed by atoms with Gasteiger partial charge in [0.15, 0.2) is 0 Å². The Morgan fingerprint density at radius 2 is 2.13 bits per heavy atom. The molecule has 1 heterocycles. The largest absolute Gasteiger partial charge is 0.493 e. The number of nitrogens with zero attached hydrogens (tertiary/aromatic N) is 2. The van der Waals surface area contributed by atoms with Crippen LogP contribution in [0.15, 0.2) is 24.3 Å². The maximum atomic E-state index is 11.7. The number of halogens is 1. The third-order valence-corrected chi connectivity index (χ3v) is 3.59. The molecular formula is C17H22ClN3O2. The van der Waals surface area contributed by atoms with Gasteiger partial charge in [0.25, 0.3) is 5.91 Å². The van der Waals surface area contributed by atoms with E-state index in [0.29, 0.717) is 29.8 Å². The zero-order valence-electron chi connectivity index (χ0n) is 13.9. The molecule has 0 atom stereocenters. The minimum Gasteiger partial charge on any atom is -0.493 e. The van der Waals surface area contributed by atoms with Crippen molar-refractivity contribution in [2.45, 2.75) is 27.3 Å². The van der Waals surface area contributed by atoms with E-state index in [9.17, 15) is 4.79 Å². The van der Waals surface area contributed by atoms with Crippen LogP contribution in [-0.4, -0.2) is 29.3 Å². The van der Waals surface area contributed by atoms with Crippen LogP contribution in [0.5, 0.6) is 5.75 Å². The molecule has 0 aliphatic heterocycles. The second-order valence-electron chi connectivity index (χ2n) is 5.86. The van der Waals surface area contributed by atoms with E-state index in [-0.39, 0.29) is 5.91 Å². The molecular weight excluding hydrogens is 314 g/mol. The normalized spacial score (nSPS) is 10.9. The minimum atomic E-state index is -0.200. The molecule has 1 N–H and O–H groups in total. The van der Waals surface area contributed by atoms with Gasteiger partial charge in [-0.2, -0.15) is 5.10 Å². The first-order chi connectivity index (χ1) is 10.9. The highest BCUT2D eigenvalue weighted by molar-refractivity contribution is 6.30. The summed E-state index contributed by atoms with van der Waals surface area (Å²) in [6.07, 6.45) is 0. The smallest absolute Gasteiger partial charge is 0.271 e. The number of aryl methyl sites for hydroxylation is 1. The average Bonchev–Trinajstić information content (AvgIpc) is 2.86. The Morgan fingerprint density at radius 1 is 1.39 bits per heavy atom. The minimum absolute atomic E-state index is 0.200. The zero-order chi connectivity index (χ0) is 17.0. The van der Waals surface area contributed by atoms with Gasteiger partial charge in [-0.15, -0.1) is 0 Å². The van der Waals surface area contributed by atoms with Crippen molar-refractivity contribution in [2.75, 3.05) is 13.7 Å². The molecule has 0 spiro atoms. The highest BCUT2D eigenvalue weighted by Gasteiger charge is 2.13. The van der Waals surface area contributed by atoms with Crippen molar-refractivity contribution >= 4 is 17.5 Å². The van der Waals surface area contributed by atoms with Gasteiger partial charge in [-0.1, -0.05) is 25.4 Å². The van der Waals surface area contributed by atoms with Crippen LogP contribution in [0.25, 0.3) is 0 Å². The molecule has 0 unspecified atom stereocenters. The molecule has 1 aromatic heterocycles. The van der Waals surface area contributed by atoms with Crippen molar-refractivity contribution in [3.05, 3.63) is 46.2 Å². The quantitative estimate of drug-likeness (QED) is 0.881. The Hall–Kier alpha value is -2.01. The van der Waals surface area contributed by atoms with Crippen LogP contribution in [-0.2, 0) is 6.54 Å². The molecule has 1 aromatic carbocycles. The number of benzene rings is 1. The first-order valence-corrected chi connectivity index (χ1v) is 7.96. The van der Waals surface area contributed by atoms with Crippen molar-refractivity contribution in [1.29, 1.82) is 0 Å². The molecule has 124 valence electrons. The van der Waals surface area contributed by atoms with Gasteiger partial charge in [0.1, 0.15) is 11.4 Å². The number of carbonyl (C=O) groups is 1. The van der Waals surface area contributed by atoms with Crippen LogP contribution >= 0.6 is 11.6 Å². The van der Waals surface area contributed by atoms with Gasteiger partial charge in [0, 0.05) is 23.3 Å². The average molecular weight is 336 g/mol. The summed E-state index contributed by atoms with van der Waals surface area (Å²) in [7, 11) is 1.59. The number of aromatic nitrogens is 2. The third kappa shape index (κ3) is 4.48. The van der Waals surface area contributed by atoms with Crippen molar-refractivity contribution in [2.24, 2.45) is 5.92 Å². The summed E-state index contributed by atoms with van der Waals surface area (Å²) in [5.74, 6) is 1.03. The van der Waals surface area contributed by atoms with Crippen molar-refractivity contribution in [3.63, 3.8) is 0 Å². The molecule has 2 rings (SSSR count). The lowest BCUT2D eigenvalue weighted by Gasteiger charge is -2.14. The maximum absolute atomic E-state index is 11.7. The van der Waals surface area contributed by atoms with Crippen LogP contribution < -0.4 is 10.1 Å². The molecule has 0 aliphatic rings. The lowest BCUT2D eigenvalue weighted by Crippen LogP contribution is -2.18. The summed E-state index contributed by atoms with van der Waals surface area (Å²) < 4.78 is 7.64. The monoisotopic (exact) mass is 335 g/mol. The van der Waals surface area contributed by atoms with Crippen LogP contribution in [0.2, 0.25) is 5.02 Å². The van der Waals surface area contributed by atoms with E-state index in [1.165, 1.54) is 0 Å². The topological polar surface area (TPSA) is 56.2 Å². The molecule has 0 radical (unpaired) electrons. The Balaban J connectivity index is 2.26. The number of carbonyl (C=O) groups excluding carboxylic acids is 1. The Kier molecular flexibility index (Phi) is 5.66. The molecule has 1 amide bonds. The number of hydrogen-bond donors (Lipinski definition) is 1. The summed E-state index contributed by atoms with van der Waals surface area (Å²) in [6.45, 7) is 7.25. The van der Waals surface area contributed by atoms with Gasteiger partial charge in [-0.25, -0.2) is 0 Å². The molecule has 2 aromatic rings. The SMILES string of the molecule is CNC(=O)c1cc(C)n(Cc2cc(Cl)ccc2OCC(C)C)n1. The molecule has 0 bridgehead atoms. The lowest BCUT2D eigenvalue weighted by atomic mass is 10.2. The van der Waals surface area contributed by atoms with Crippen LogP contribution in [0.4, 0.5) is 0 Å². The van der Waals surface area contributed by atoms with Gasteiger partial charge in [0.05, 0.1) is 13.2 Å². The van der Waals surface area contributed by atoms with E-state index in [2.05, 4.69) is 24.3 Å². The number of hydrogen-bond acceptors (Lipinski definition) is 3. The van der Waals surface area contributed by atoms with E-state index in [1.54, 1.807) is 17.8 Å². The summed E-state index contributed by atoms with van der Waals surface area (Å²) >= 11 is 6.11. The van der Waals surface area contributed by atoms with Crippen LogP contribution in [0.3, 0.4) is 0 Å². The van der Waals surface area contributed by atoms with Gasteiger partial charge in [-0.3, -0.25) is 9.48 Å². The van der Waals surface area contributed by atoms with E-state index >= 15 is 0 Å². The van der Waals surface area contributed by atoms with Crippen molar-refractivity contribution < 1.29 is 9.53 Å². The molecule has 6 heteroatoms. The second kappa shape index (κ2) is 7.51. The summed E-state index contributed by atoms with van der Waals surface area (Å²) in [4.78, 5) is 11.7. The summed E-state index contributed by atoms with van der Waals surface area (Å²) in [6, 6.07) is 7.32. The van der Waals surface area contributed by atoms with Gasteiger partial charge in [-0.05, 0) is 37.1 Å². The van der Waals surface area contributed by atoms with E-state index in [4.69, 9.17) is 16.3 Å². The Morgan fingerprint density at radius 3 is 2.78 bits per heavy atom. The lowest BCUT2D eigenvalue weighted by molar-refractivity contribution is 0.0957. The fourth-order valence-corrected chi connectivity index (χ4v) is 2.33. The predicted molar refractivity (Wildman–Crippen MR) is 91.2 cm³/mol. The van der Waals surface area contributed by atoms with E-state index < -0.39 is 0 Å². The van der Waals surface area contributed by atoms with Crippen LogP contribution in [0.1, 0.15) is 35.6 Å². The number of amides is 1. The molecule has 0 saturated heterocycles. The first-order valence-electron chi connectivity index (χ1n) is 7.58. The predicted octanol–water partition coefficient (Wildman–Crippen LogP) is 3.29. The van der Waals surface area contributed by atoms with Crippen molar-refractivity contribution in [1.82, 2.24) is 15.1 Å². The summed E-state index contributed by atoms with van der Waals surface area (Å²) in [5.41, 5.74) is 2.24. The highest BCUT2D eigenvalue weighted by atomic mass is 35.5. The number of rotatable bonds is 6. The van der Waals surface area contributed by atoms with E-state index in [1.807, 2.05) is 25.1 Å². The molecule has 5 nitrogen and oxygen atoms in total. The van der Waals surface area contributed by atoms with Gasteiger partial charge in [0.2, 0.25) is 0 Å². The Bertz CT molecular complexity index is 695. The fraction of sp³-hybridized carbons (Fsp3) is 0.412. The standard InChI is InChI=1S/C17H22ClN3O2/c1-11(2)10-23-16-6-5-14(18)8-13(16)9-21-12(3)7-15(20-21)17(22)19-4/h5-8,11H,9-10H2,1-4H3,(H,19,22). The number of ether oxygens (including phenoxy) is 1. The first kappa shape index (κ1) is 17.3. The van der Waals surface area contributed by atoms with Gasteiger partial charge < -0.3 is 10.1 Å². The number of nitrogens with one attached hydrogen (secondary N) is 1. The van der Waals surface area contributed by atoms with Crippen LogP contribution in [0, 0.1) is 12.8 Å². The summed E-state index contributed by atoms with van der Waals surface area (Å²) in [5, 5.41) is 7.57. The highest BCUT2D eigenvalue weighted by Crippen LogP contribution is 2.25. The molecule has 0 aliphatic carbocycles. The fourth-order valence-electron chi connectivity index (χ4n) is 2.14. The maximum Gasteiger partial charge on any atom is 0.271 e. The Labute approximate surface area is 141 Å². The van der Waals surface area contributed by atoms with Crippen molar-refractivity contribution in [3.8, 4) is 5.75 Å². The third-order valence-electron chi connectivity index (χ3n) is 3.36.